The molecule has 0 aliphatic heterocycles. The van der Waals surface area contributed by atoms with Crippen LogP contribution in [0.1, 0.15) is 39.1 Å². The fraction of sp³-hybridized carbons (Fsp3) is 0.185. The van der Waals surface area contributed by atoms with Crippen molar-refractivity contribution in [2.24, 2.45) is 0 Å². The monoisotopic (exact) mass is 426 g/mol. The van der Waals surface area contributed by atoms with Gasteiger partial charge in [0, 0.05) is 41.3 Å². The molecule has 0 atom stereocenters. The zero-order valence-electron chi connectivity index (χ0n) is 18.0. The molecule has 3 aromatic carbocycles. The number of carbonyl (C=O) groups is 2. The molecule has 0 fully saturated rings. The molecule has 162 valence electrons. The molecule has 1 amide bonds. The number of amides is 1. The lowest BCUT2D eigenvalue weighted by molar-refractivity contribution is 0.0696. The van der Waals surface area contributed by atoms with Crippen molar-refractivity contribution in [1.29, 1.82) is 0 Å². The highest BCUT2D eigenvalue weighted by atomic mass is 16.4. The van der Waals surface area contributed by atoms with Gasteiger partial charge in [-0.05, 0) is 49.6 Å². The van der Waals surface area contributed by atoms with Crippen LogP contribution in [0.2, 0.25) is 0 Å². The molecule has 5 heteroatoms. The molecule has 2 N–H and O–H groups in total. The first-order chi connectivity index (χ1) is 15.5. The predicted molar refractivity (Wildman–Crippen MR) is 127 cm³/mol. The van der Waals surface area contributed by atoms with Gasteiger partial charge in [-0.1, -0.05) is 54.1 Å². The molecule has 32 heavy (non-hydrogen) atoms. The number of nitrogens with zero attached hydrogens (tertiary/aromatic N) is 1. The molecular weight excluding hydrogens is 400 g/mol. The molecule has 0 saturated carbocycles. The lowest BCUT2D eigenvalue weighted by Crippen LogP contribution is -2.24. The Hall–Kier alpha value is -3.86. The third kappa shape index (κ3) is 4.72. The van der Waals surface area contributed by atoms with E-state index in [0.717, 1.165) is 47.0 Å². The Morgan fingerprint density at radius 1 is 0.906 bits per heavy atom. The summed E-state index contributed by atoms with van der Waals surface area (Å²) >= 11 is 0. The number of benzene rings is 3. The van der Waals surface area contributed by atoms with E-state index in [9.17, 15) is 14.7 Å². The number of carboxylic acid groups (broad SMARTS) is 1. The van der Waals surface area contributed by atoms with E-state index in [1.165, 1.54) is 0 Å². The SMILES string of the molecule is Cc1ccc(C(=O)NCCCCn2cc(-c3ccccc3)c3ccc(C(=O)O)cc32)cc1. The average molecular weight is 427 g/mol. The number of rotatable bonds is 8. The number of aryl methyl sites for hydroxylation is 2. The summed E-state index contributed by atoms with van der Waals surface area (Å²) in [6, 6.07) is 22.9. The largest absolute Gasteiger partial charge is 0.478 e. The van der Waals surface area contributed by atoms with Crippen molar-refractivity contribution in [3.05, 3.63) is 95.7 Å². The van der Waals surface area contributed by atoms with Crippen molar-refractivity contribution in [2.45, 2.75) is 26.3 Å². The highest BCUT2D eigenvalue weighted by Gasteiger charge is 2.13. The molecule has 1 heterocycles. The number of aromatic nitrogens is 1. The van der Waals surface area contributed by atoms with Crippen molar-refractivity contribution in [2.75, 3.05) is 6.54 Å². The van der Waals surface area contributed by atoms with Crippen LogP contribution in [-0.2, 0) is 6.54 Å². The fourth-order valence-corrected chi connectivity index (χ4v) is 3.87. The van der Waals surface area contributed by atoms with E-state index >= 15 is 0 Å². The van der Waals surface area contributed by atoms with Crippen LogP contribution in [-0.4, -0.2) is 28.1 Å². The lowest BCUT2D eigenvalue weighted by Gasteiger charge is -2.08. The second-order valence-corrected chi connectivity index (χ2v) is 7.97. The Morgan fingerprint density at radius 3 is 2.34 bits per heavy atom. The van der Waals surface area contributed by atoms with Crippen molar-refractivity contribution in [1.82, 2.24) is 9.88 Å². The van der Waals surface area contributed by atoms with E-state index in [4.69, 9.17) is 0 Å². The Balaban J connectivity index is 1.45. The lowest BCUT2D eigenvalue weighted by atomic mass is 10.0. The van der Waals surface area contributed by atoms with E-state index in [-0.39, 0.29) is 11.5 Å². The first-order valence-corrected chi connectivity index (χ1v) is 10.8. The van der Waals surface area contributed by atoms with E-state index in [2.05, 4.69) is 28.2 Å². The maximum absolute atomic E-state index is 12.3. The molecule has 0 spiro atoms. The van der Waals surface area contributed by atoms with Gasteiger partial charge >= 0.3 is 5.97 Å². The van der Waals surface area contributed by atoms with Crippen LogP contribution < -0.4 is 5.32 Å². The van der Waals surface area contributed by atoms with Gasteiger partial charge in [-0.2, -0.15) is 0 Å². The molecular formula is C27H26N2O3. The van der Waals surface area contributed by atoms with Crippen LogP contribution >= 0.6 is 0 Å². The van der Waals surface area contributed by atoms with Crippen LogP contribution in [0.5, 0.6) is 0 Å². The highest BCUT2D eigenvalue weighted by Crippen LogP contribution is 2.31. The Labute approximate surface area is 187 Å². The standard InChI is InChI=1S/C27H26N2O3/c1-19-9-11-21(12-10-19)26(30)28-15-5-6-16-29-18-24(20-7-3-2-4-8-20)23-14-13-22(27(31)32)17-25(23)29/h2-4,7-14,17-18H,5-6,15-16H2,1H3,(H,28,30)(H,31,32). The van der Waals surface area contributed by atoms with Gasteiger partial charge in [0.2, 0.25) is 0 Å². The fourth-order valence-electron chi connectivity index (χ4n) is 3.87. The van der Waals surface area contributed by atoms with Gasteiger partial charge < -0.3 is 15.0 Å². The van der Waals surface area contributed by atoms with Crippen LogP contribution in [0.25, 0.3) is 22.0 Å². The molecule has 0 aliphatic rings. The van der Waals surface area contributed by atoms with Crippen LogP contribution in [0.3, 0.4) is 0 Å². The molecule has 1 aromatic heterocycles. The number of carbonyl (C=O) groups excluding carboxylic acids is 1. The van der Waals surface area contributed by atoms with Crippen LogP contribution in [0.15, 0.2) is 79.0 Å². The number of hydrogen-bond acceptors (Lipinski definition) is 2. The summed E-state index contributed by atoms with van der Waals surface area (Å²) in [7, 11) is 0. The summed E-state index contributed by atoms with van der Waals surface area (Å²) in [5.41, 5.74) is 5.17. The first kappa shape index (κ1) is 21.4. The second kappa shape index (κ2) is 9.52. The summed E-state index contributed by atoms with van der Waals surface area (Å²) in [6.45, 7) is 3.33. The van der Waals surface area contributed by atoms with E-state index < -0.39 is 5.97 Å². The molecule has 4 aromatic rings. The third-order valence-corrected chi connectivity index (χ3v) is 5.64. The van der Waals surface area contributed by atoms with Gasteiger partial charge in [-0.15, -0.1) is 0 Å². The van der Waals surface area contributed by atoms with Crippen molar-refractivity contribution in [3.63, 3.8) is 0 Å². The van der Waals surface area contributed by atoms with Gasteiger partial charge in [0.25, 0.3) is 5.91 Å². The van der Waals surface area contributed by atoms with E-state index in [1.807, 2.05) is 55.5 Å². The summed E-state index contributed by atoms with van der Waals surface area (Å²) in [5, 5.41) is 13.4. The zero-order valence-corrected chi connectivity index (χ0v) is 18.0. The molecule has 0 bridgehead atoms. The Morgan fingerprint density at radius 2 is 1.62 bits per heavy atom. The second-order valence-electron chi connectivity index (χ2n) is 7.97. The minimum Gasteiger partial charge on any atom is -0.478 e. The van der Waals surface area contributed by atoms with Gasteiger partial charge in [-0.25, -0.2) is 4.79 Å². The molecule has 0 saturated heterocycles. The minimum atomic E-state index is -0.931. The molecule has 5 nitrogen and oxygen atoms in total. The Kier molecular flexibility index (Phi) is 6.36. The predicted octanol–water partition coefficient (Wildman–Crippen LogP) is 5.53. The van der Waals surface area contributed by atoms with Gasteiger partial charge in [0.15, 0.2) is 0 Å². The minimum absolute atomic E-state index is 0.0612. The number of unbranched alkanes of at least 4 members (excludes halogenated alkanes) is 1. The number of aromatic carboxylic acids is 1. The van der Waals surface area contributed by atoms with Crippen molar-refractivity contribution >= 4 is 22.8 Å². The topological polar surface area (TPSA) is 71.3 Å². The van der Waals surface area contributed by atoms with Gasteiger partial charge in [0.05, 0.1) is 5.56 Å². The normalized spacial score (nSPS) is 10.9. The van der Waals surface area contributed by atoms with Crippen molar-refractivity contribution in [3.8, 4) is 11.1 Å². The summed E-state index contributed by atoms with van der Waals surface area (Å²) in [6.07, 6.45) is 3.79. The third-order valence-electron chi connectivity index (χ3n) is 5.64. The van der Waals surface area contributed by atoms with Crippen molar-refractivity contribution < 1.29 is 14.7 Å². The maximum Gasteiger partial charge on any atom is 0.335 e. The zero-order chi connectivity index (χ0) is 22.5. The molecule has 4 rings (SSSR count). The summed E-state index contributed by atoms with van der Waals surface area (Å²) in [5.74, 6) is -0.992. The van der Waals surface area contributed by atoms with E-state index in [1.54, 1.807) is 12.1 Å². The first-order valence-electron chi connectivity index (χ1n) is 10.8. The smallest absolute Gasteiger partial charge is 0.335 e. The number of nitrogens with one attached hydrogen (secondary N) is 1. The highest BCUT2D eigenvalue weighted by molar-refractivity contribution is 6.00. The van der Waals surface area contributed by atoms with Gasteiger partial charge in [-0.3, -0.25) is 4.79 Å². The number of fused-ring (bicyclic) bond motifs is 1. The van der Waals surface area contributed by atoms with Crippen LogP contribution in [0, 0.1) is 6.92 Å². The maximum atomic E-state index is 12.3. The summed E-state index contributed by atoms with van der Waals surface area (Å²) in [4.78, 5) is 23.7. The summed E-state index contributed by atoms with van der Waals surface area (Å²) < 4.78 is 2.12. The quantitative estimate of drug-likeness (QED) is 0.364. The molecule has 0 unspecified atom stereocenters. The number of carboxylic acids is 1. The Bertz CT molecular complexity index is 1240. The van der Waals surface area contributed by atoms with Gasteiger partial charge in [0.1, 0.15) is 0 Å². The average Bonchev–Trinajstić information content (AvgIpc) is 3.17. The molecule has 0 radical (unpaired) electrons. The van der Waals surface area contributed by atoms with Crippen LogP contribution in [0.4, 0.5) is 0 Å². The van der Waals surface area contributed by atoms with E-state index in [0.29, 0.717) is 12.1 Å². The number of hydrogen-bond donors (Lipinski definition) is 2. The molecule has 0 aliphatic carbocycles.